The smallest absolute Gasteiger partial charge is 0.284 e. The maximum atomic E-state index is 12.3. The molecule has 20 heavy (non-hydrogen) atoms. The fourth-order valence-corrected chi connectivity index (χ4v) is 2.23. The average molecular weight is 283 g/mol. The first-order valence-electron chi connectivity index (χ1n) is 5.83. The van der Waals surface area contributed by atoms with Crippen LogP contribution in [0.3, 0.4) is 0 Å². The summed E-state index contributed by atoms with van der Waals surface area (Å²) in [6.45, 7) is 0. The molecular weight excluding hydrogens is 274 g/mol. The summed E-state index contributed by atoms with van der Waals surface area (Å²) < 4.78 is 0. The maximum absolute atomic E-state index is 12.3. The second-order valence-corrected chi connectivity index (χ2v) is 4.70. The lowest BCUT2D eigenvalue weighted by Gasteiger charge is -2.14. The van der Waals surface area contributed by atoms with Gasteiger partial charge in [0.25, 0.3) is 11.8 Å². The first-order chi connectivity index (χ1) is 9.59. The number of carbonyl (C=O) groups is 2. The number of hydrogen-bond acceptors (Lipinski definition) is 4. The van der Waals surface area contributed by atoms with E-state index in [0.717, 1.165) is 4.90 Å². The molecule has 0 spiro atoms. The van der Waals surface area contributed by atoms with Crippen molar-refractivity contribution in [1.29, 1.82) is 0 Å². The van der Waals surface area contributed by atoms with Gasteiger partial charge < -0.3 is 5.73 Å². The molecule has 0 unspecified atom stereocenters. The lowest BCUT2D eigenvalue weighted by molar-refractivity contribution is 0.0924. The zero-order valence-corrected chi connectivity index (χ0v) is 11.1. The van der Waals surface area contributed by atoms with Crippen molar-refractivity contribution in [2.45, 2.75) is 0 Å². The number of nitrogens with zero attached hydrogens (tertiary/aromatic N) is 2. The number of fused-ring (bicyclic) bond motifs is 1. The normalized spacial score (nSPS) is 13.5. The van der Waals surface area contributed by atoms with Crippen molar-refractivity contribution in [2.75, 3.05) is 4.90 Å². The maximum Gasteiger partial charge on any atom is 0.284 e. The average Bonchev–Trinajstić information content (AvgIpc) is 2.72. The molecule has 1 aliphatic heterocycles. The number of aromatic nitrogens is 1. The highest BCUT2D eigenvalue weighted by atomic mass is 32.1. The zero-order valence-electron chi connectivity index (χ0n) is 10.2. The van der Waals surface area contributed by atoms with Crippen molar-refractivity contribution in [1.82, 2.24) is 4.98 Å². The molecule has 3 rings (SSSR count). The van der Waals surface area contributed by atoms with Gasteiger partial charge in [-0.25, -0.2) is 4.90 Å². The summed E-state index contributed by atoms with van der Waals surface area (Å²) in [6.07, 6.45) is 1.49. The van der Waals surface area contributed by atoms with E-state index in [1.165, 1.54) is 6.20 Å². The van der Waals surface area contributed by atoms with Crippen molar-refractivity contribution >= 4 is 34.7 Å². The van der Waals surface area contributed by atoms with Crippen LogP contribution in [0.2, 0.25) is 0 Å². The van der Waals surface area contributed by atoms with Crippen LogP contribution in [-0.2, 0) is 0 Å². The quantitative estimate of drug-likeness (QED) is 0.668. The summed E-state index contributed by atoms with van der Waals surface area (Å²) in [7, 11) is 0. The molecule has 2 heterocycles. The van der Waals surface area contributed by atoms with E-state index < -0.39 is 11.8 Å². The third-order valence-corrected chi connectivity index (χ3v) is 3.27. The molecule has 0 bridgehead atoms. The number of imide groups is 1. The third kappa shape index (κ3) is 1.78. The molecule has 98 valence electrons. The summed E-state index contributed by atoms with van der Waals surface area (Å²) in [4.78, 5) is 29.8. The monoisotopic (exact) mass is 283 g/mol. The molecule has 2 N–H and O–H groups in total. The highest BCUT2D eigenvalue weighted by Crippen LogP contribution is 2.27. The molecule has 2 amide bonds. The Bertz CT molecular complexity index is 723. The number of benzene rings is 1. The lowest BCUT2D eigenvalue weighted by atomic mass is 10.2. The summed E-state index contributed by atoms with van der Waals surface area (Å²) in [5.41, 5.74) is 7.07. The van der Waals surface area contributed by atoms with Gasteiger partial charge in [0.15, 0.2) is 0 Å². The number of rotatable bonds is 2. The SMILES string of the molecule is NC(=S)c1cccc(N2C(=O)c3cccnc3C2=O)c1. The Labute approximate surface area is 120 Å². The number of amides is 2. The molecule has 1 aromatic heterocycles. The van der Waals surface area contributed by atoms with E-state index in [-0.39, 0.29) is 10.7 Å². The number of hydrogen-bond donors (Lipinski definition) is 1. The molecule has 0 aliphatic carbocycles. The van der Waals surface area contributed by atoms with Crippen molar-refractivity contribution in [3.63, 3.8) is 0 Å². The minimum Gasteiger partial charge on any atom is -0.389 e. The number of anilines is 1. The molecule has 0 saturated heterocycles. The molecule has 2 aromatic rings. The van der Waals surface area contributed by atoms with E-state index in [9.17, 15) is 9.59 Å². The fraction of sp³-hybridized carbons (Fsp3) is 0. The van der Waals surface area contributed by atoms with Crippen LogP contribution in [0, 0.1) is 0 Å². The number of pyridine rings is 1. The first kappa shape index (κ1) is 12.4. The van der Waals surface area contributed by atoms with Crippen molar-refractivity contribution in [3.05, 3.63) is 59.4 Å². The van der Waals surface area contributed by atoms with Gasteiger partial charge in [-0.3, -0.25) is 14.6 Å². The largest absolute Gasteiger partial charge is 0.389 e. The van der Waals surface area contributed by atoms with Gasteiger partial charge >= 0.3 is 0 Å². The van der Waals surface area contributed by atoms with Gasteiger partial charge in [0.1, 0.15) is 10.7 Å². The number of thiocarbonyl (C=S) groups is 1. The minimum absolute atomic E-state index is 0.165. The van der Waals surface area contributed by atoms with Crippen molar-refractivity contribution in [3.8, 4) is 0 Å². The predicted molar refractivity (Wildman–Crippen MR) is 77.7 cm³/mol. The van der Waals surface area contributed by atoms with E-state index in [2.05, 4.69) is 4.98 Å². The molecule has 5 nitrogen and oxygen atoms in total. The second kappa shape index (κ2) is 4.50. The Morgan fingerprint density at radius 3 is 2.65 bits per heavy atom. The van der Waals surface area contributed by atoms with Gasteiger partial charge in [-0.1, -0.05) is 24.4 Å². The van der Waals surface area contributed by atoms with Crippen LogP contribution in [0.4, 0.5) is 5.69 Å². The Balaban J connectivity index is 2.09. The van der Waals surface area contributed by atoms with E-state index in [4.69, 9.17) is 18.0 Å². The second-order valence-electron chi connectivity index (χ2n) is 4.26. The van der Waals surface area contributed by atoms with E-state index >= 15 is 0 Å². The highest BCUT2D eigenvalue weighted by Gasteiger charge is 2.37. The van der Waals surface area contributed by atoms with Crippen LogP contribution >= 0.6 is 12.2 Å². The summed E-state index contributed by atoms with van der Waals surface area (Å²) >= 11 is 4.90. The van der Waals surface area contributed by atoms with Gasteiger partial charge in [0.05, 0.1) is 11.3 Å². The molecule has 0 fully saturated rings. The standard InChI is InChI=1S/C14H9N3O2S/c15-12(20)8-3-1-4-9(7-8)17-13(18)10-5-2-6-16-11(10)14(17)19/h1-7H,(H2,15,20). The van der Waals surface area contributed by atoms with Crippen LogP contribution in [0.25, 0.3) is 0 Å². The van der Waals surface area contributed by atoms with Gasteiger partial charge in [0, 0.05) is 11.8 Å². The Morgan fingerprint density at radius 1 is 1.15 bits per heavy atom. The van der Waals surface area contributed by atoms with Crippen LogP contribution in [0.5, 0.6) is 0 Å². The van der Waals surface area contributed by atoms with Crippen LogP contribution in [-0.4, -0.2) is 21.8 Å². The molecule has 0 atom stereocenters. The molecule has 6 heteroatoms. The Morgan fingerprint density at radius 2 is 1.95 bits per heavy atom. The Hall–Kier alpha value is -2.60. The van der Waals surface area contributed by atoms with E-state index in [1.807, 2.05) is 0 Å². The van der Waals surface area contributed by atoms with Crippen LogP contribution in [0.1, 0.15) is 26.4 Å². The van der Waals surface area contributed by atoms with E-state index in [1.54, 1.807) is 36.4 Å². The molecule has 1 aromatic carbocycles. The summed E-state index contributed by atoms with van der Waals surface area (Å²) in [5, 5.41) is 0. The van der Waals surface area contributed by atoms with Crippen LogP contribution < -0.4 is 10.6 Å². The van der Waals surface area contributed by atoms with Crippen LogP contribution in [0.15, 0.2) is 42.6 Å². The predicted octanol–water partition coefficient (Wildman–Crippen LogP) is 1.52. The van der Waals surface area contributed by atoms with Gasteiger partial charge in [-0.05, 0) is 24.3 Å². The molecule has 1 aliphatic rings. The number of carbonyl (C=O) groups excluding carboxylic acids is 2. The number of nitrogens with two attached hydrogens (primary N) is 1. The van der Waals surface area contributed by atoms with E-state index in [0.29, 0.717) is 16.8 Å². The van der Waals surface area contributed by atoms with Gasteiger partial charge in [-0.15, -0.1) is 0 Å². The fourth-order valence-electron chi connectivity index (χ4n) is 2.10. The summed E-state index contributed by atoms with van der Waals surface area (Å²) in [5.74, 6) is -0.830. The first-order valence-corrected chi connectivity index (χ1v) is 6.24. The molecule has 0 radical (unpaired) electrons. The molecule has 0 saturated carbocycles. The summed E-state index contributed by atoms with van der Waals surface area (Å²) in [6, 6.07) is 9.90. The van der Waals surface area contributed by atoms with Gasteiger partial charge in [-0.2, -0.15) is 0 Å². The van der Waals surface area contributed by atoms with Crippen molar-refractivity contribution in [2.24, 2.45) is 5.73 Å². The molecular formula is C14H9N3O2S. The highest BCUT2D eigenvalue weighted by molar-refractivity contribution is 7.80. The van der Waals surface area contributed by atoms with Gasteiger partial charge in [0.2, 0.25) is 0 Å². The zero-order chi connectivity index (χ0) is 14.3. The van der Waals surface area contributed by atoms with Crippen molar-refractivity contribution < 1.29 is 9.59 Å². The third-order valence-electron chi connectivity index (χ3n) is 3.04. The minimum atomic E-state index is -0.439. The lowest BCUT2D eigenvalue weighted by Crippen LogP contribution is -2.29. The topological polar surface area (TPSA) is 76.3 Å². The Kier molecular flexibility index (Phi) is 2.80.